The van der Waals surface area contributed by atoms with Gasteiger partial charge in [0.1, 0.15) is 0 Å². The second-order valence-corrected chi connectivity index (χ2v) is 6.43. The van der Waals surface area contributed by atoms with Gasteiger partial charge in [0.05, 0.1) is 6.04 Å². The maximum Gasteiger partial charge on any atom is 0.239 e. The largest absolute Gasteiger partial charge is 0.454 e. The second-order valence-electron chi connectivity index (χ2n) is 6.43. The van der Waals surface area contributed by atoms with Crippen LogP contribution in [0.4, 0.5) is 0 Å². The van der Waals surface area contributed by atoms with Crippen LogP contribution in [0, 0.1) is 5.92 Å². The summed E-state index contributed by atoms with van der Waals surface area (Å²) in [5, 5.41) is 0. The molecule has 0 bridgehead atoms. The lowest BCUT2D eigenvalue weighted by atomic mass is 10.0. The normalized spacial score (nSPS) is 15.7. The van der Waals surface area contributed by atoms with Crippen LogP contribution in [-0.2, 0) is 11.2 Å². The Bertz CT molecular complexity index is 531. The van der Waals surface area contributed by atoms with Crippen molar-refractivity contribution in [1.82, 2.24) is 4.90 Å². The summed E-state index contributed by atoms with van der Waals surface area (Å²) in [6.07, 6.45) is 1.47. The number of carbonyl (C=O) groups is 1. The lowest BCUT2D eigenvalue weighted by molar-refractivity contribution is -0.133. The van der Waals surface area contributed by atoms with E-state index in [0.717, 1.165) is 23.5 Å². The van der Waals surface area contributed by atoms with E-state index in [1.54, 1.807) is 4.90 Å². The molecule has 5 nitrogen and oxygen atoms in total. The van der Waals surface area contributed by atoms with Gasteiger partial charge in [-0.25, -0.2) is 0 Å². The molecule has 22 heavy (non-hydrogen) atoms. The zero-order valence-electron chi connectivity index (χ0n) is 13.8. The molecule has 0 spiro atoms. The maximum atomic E-state index is 12.4. The number of likely N-dealkylation sites (N-methyl/N-ethyl adjacent to an activating group) is 1. The van der Waals surface area contributed by atoms with Gasteiger partial charge in [-0.1, -0.05) is 19.9 Å². The summed E-state index contributed by atoms with van der Waals surface area (Å²) in [5.41, 5.74) is 7.12. The van der Waals surface area contributed by atoms with E-state index in [1.807, 2.05) is 32.2 Å². The number of fused-ring (bicyclic) bond motifs is 1. The highest BCUT2D eigenvalue weighted by Gasteiger charge is 2.23. The lowest BCUT2D eigenvalue weighted by Gasteiger charge is -2.28. The molecule has 1 aliphatic rings. The van der Waals surface area contributed by atoms with Gasteiger partial charge in [0.25, 0.3) is 0 Å². The van der Waals surface area contributed by atoms with Crippen LogP contribution in [0.15, 0.2) is 18.2 Å². The molecule has 0 saturated carbocycles. The average molecular weight is 306 g/mol. The van der Waals surface area contributed by atoms with E-state index < -0.39 is 6.04 Å². The molecule has 122 valence electrons. The molecule has 5 heteroatoms. The van der Waals surface area contributed by atoms with Crippen molar-refractivity contribution in [2.24, 2.45) is 11.7 Å². The summed E-state index contributed by atoms with van der Waals surface area (Å²) >= 11 is 0. The van der Waals surface area contributed by atoms with Crippen molar-refractivity contribution in [3.05, 3.63) is 23.8 Å². The zero-order chi connectivity index (χ0) is 16.3. The summed E-state index contributed by atoms with van der Waals surface area (Å²) < 4.78 is 10.7. The Morgan fingerprint density at radius 2 is 1.95 bits per heavy atom. The van der Waals surface area contributed by atoms with Crippen LogP contribution >= 0.6 is 0 Å². The summed E-state index contributed by atoms with van der Waals surface area (Å²) in [6.45, 7) is 6.45. The van der Waals surface area contributed by atoms with Crippen LogP contribution in [0.1, 0.15) is 32.8 Å². The molecule has 1 aromatic rings. The predicted molar refractivity (Wildman–Crippen MR) is 85.9 cm³/mol. The summed E-state index contributed by atoms with van der Waals surface area (Å²) in [5.74, 6) is 1.97. The van der Waals surface area contributed by atoms with Crippen molar-refractivity contribution >= 4 is 5.91 Å². The number of nitrogens with two attached hydrogens (primary N) is 1. The van der Waals surface area contributed by atoms with E-state index in [2.05, 4.69) is 13.8 Å². The van der Waals surface area contributed by atoms with Gasteiger partial charge < -0.3 is 20.1 Å². The highest BCUT2D eigenvalue weighted by atomic mass is 16.7. The summed E-state index contributed by atoms with van der Waals surface area (Å²) in [4.78, 5) is 14.1. The van der Waals surface area contributed by atoms with E-state index in [1.165, 1.54) is 0 Å². The Kier molecular flexibility index (Phi) is 5.29. The first-order valence-corrected chi connectivity index (χ1v) is 7.79. The molecular formula is C17H26N2O3. The van der Waals surface area contributed by atoms with Crippen molar-refractivity contribution in [3.8, 4) is 11.5 Å². The fourth-order valence-electron chi connectivity index (χ4n) is 2.63. The first-order chi connectivity index (χ1) is 10.4. The molecule has 0 radical (unpaired) electrons. The van der Waals surface area contributed by atoms with Gasteiger partial charge in [0.2, 0.25) is 12.7 Å². The topological polar surface area (TPSA) is 64.8 Å². The molecule has 1 amide bonds. The van der Waals surface area contributed by atoms with E-state index >= 15 is 0 Å². The number of rotatable bonds is 6. The summed E-state index contributed by atoms with van der Waals surface area (Å²) in [7, 11) is 1.82. The minimum absolute atomic E-state index is 0.00180. The molecule has 0 saturated heterocycles. The van der Waals surface area contributed by atoms with Crippen molar-refractivity contribution in [2.75, 3.05) is 13.8 Å². The molecule has 2 N–H and O–H groups in total. The van der Waals surface area contributed by atoms with E-state index in [4.69, 9.17) is 15.2 Å². The van der Waals surface area contributed by atoms with Crippen molar-refractivity contribution < 1.29 is 14.3 Å². The highest BCUT2D eigenvalue weighted by Crippen LogP contribution is 2.32. The fraction of sp³-hybridized carbons (Fsp3) is 0.588. The van der Waals surface area contributed by atoms with Crippen LogP contribution in [0.5, 0.6) is 11.5 Å². The minimum atomic E-state index is -0.427. The number of hydrogen-bond acceptors (Lipinski definition) is 4. The van der Waals surface area contributed by atoms with E-state index in [9.17, 15) is 4.79 Å². The quantitative estimate of drug-likeness (QED) is 0.875. The van der Waals surface area contributed by atoms with Crippen LogP contribution in [0.2, 0.25) is 0 Å². The first-order valence-electron chi connectivity index (χ1n) is 7.79. The number of hydrogen-bond donors (Lipinski definition) is 1. The molecule has 2 atom stereocenters. The Morgan fingerprint density at radius 1 is 1.27 bits per heavy atom. The zero-order valence-corrected chi connectivity index (χ0v) is 13.8. The van der Waals surface area contributed by atoms with Crippen molar-refractivity contribution in [3.63, 3.8) is 0 Å². The lowest BCUT2D eigenvalue weighted by Crippen LogP contribution is -2.46. The molecule has 1 aromatic carbocycles. The summed E-state index contributed by atoms with van der Waals surface area (Å²) in [6, 6.07) is 5.55. The Balaban J connectivity index is 1.96. The third-order valence-electron chi connectivity index (χ3n) is 4.02. The van der Waals surface area contributed by atoms with Gasteiger partial charge in [0.15, 0.2) is 11.5 Å². The van der Waals surface area contributed by atoms with Gasteiger partial charge in [-0.3, -0.25) is 4.79 Å². The molecule has 0 aliphatic carbocycles. The average Bonchev–Trinajstić information content (AvgIpc) is 2.92. The molecule has 1 aliphatic heterocycles. The number of carbonyl (C=O) groups excluding carboxylic acids is 1. The molecular weight excluding hydrogens is 280 g/mol. The molecule has 0 fully saturated rings. The predicted octanol–water partition coefficient (Wildman–Crippen LogP) is 2.18. The standard InChI is InChI=1S/C17H26N2O3/c1-11(2)7-14(18)17(20)19(4)12(3)8-13-5-6-15-16(9-13)22-10-21-15/h5-6,9,11-12,14H,7-8,10,18H2,1-4H3/t12?,14-/m0/s1. The third kappa shape index (κ3) is 3.91. The van der Waals surface area contributed by atoms with Gasteiger partial charge in [-0.15, -0.1) is 0 Å². The van der Waals surface area contributed by atoms with Gasteiger partial charge >= 0.3 is 0 Å². The number of nitrogens with zero attached hydrogens (tertiary/aromatic N) is 1. The minimum Gasteiger partial charge on any atom is -0.454 e. The van der Waals surface area contributed by atoms with Gasteiger partial charge in [-0.2, -0.15) is 0 Å². The highest BCUT2D eigenvalue weighted by molar-refractivity contribution is 5.81. The van der Waals surface area contributed by atoms with E-state index in [-0.39, 0.29) is 18.7 Å². The first kappa shape index (κ1) is 16.6. The van der Waals surface area contributed by atoms with Crippen molar-refractivity contribution in [2.45, 2.75) is 45.7 Å². The molecule has 1 heterocycles. The van der Waals surface area contributed by atoms with Crippen LogP contribution in [-0.4, -0.2) is 36.7 Å². The smallest absolute Gasteiger partial charge is 0.239 e. The second kappa shape index (κ2) is 7.01. The maximum absolute atomic E-state index is 12.4. The SMILES string of the molecule is CC(C)C[C@H](N)C(=O)N(C)C(C)Cc1ccc2c(c1)OCO2. The number of ether oxygens (including phenoxy) is 2. The Morgan fingerprint density at radius 3 is 2.64 bits per heavy atom. The molecule has 0 aromatic heterocycles. The van der Waals surface area contributed by atoms with Gasteiger partial charge in [0, 0.05) is 13.1 Å². The molecule has 1 unspecified atom stereocenters. The van der Waals surface area contributed by atoms with E-state index in [0.29, 0.717) is 12.3 Å². The monoisotopic (exact) mass is 306 g/mol. The number of amides is 1. The molecule has 2 rings (SSSR count). The number of benzene rings is 1. The van der Waals surface area contributed by atoms with Crippen LogP contribution < -0.4 is 15.2 Å². The Labute approximate surface area is 132 Å². The Hall–Kier alpha value is -1.75. The third-order valence-corrected chi connectivity index (χ3v) is 4.02. The van der Waals surface area contributed by atoms with Crippen molar-refractivity contribution in [1.29, 1.82) is 0 Å². The van der Waals surface area contributed by atoms with Crippen LogP contribution in [0.3, 0.4) is 0 Å². The van der Waals surface area contributed by atoms with Crippen LogP contribution in [0.25, 0.3) is 0 Å². The van der Waals surface area contributed by atoms with Gasteiger partial charge in [-0.05, 0) is 43.4 Å². The fourth-order valence-corrected chi connectivity index (χ4v) is 2.63.